The average molecular weight is 370 g/mol. The van der Waals surface area contributed by atoms with Crippen molar-refractivity contribution in [2.45, 2.75) is 10.8 Å². The second-order valence-electron chi connectivity index (χ2n) is 5.36. The first kappa shape index (κ1) is 17.2. The van der Waals surface area contributed by atoms with Crippen LogP contribution in [0.4, 0.5) is 0 Å². The maximum absolute atomic E-state index is 12.5. The minimum atomic E-state index is -3.40. The fourth-order valence-electron chi connectivity index (χ4n) is 2.62. The van der Waals surface area contributed by atoms with E-state index in [4.69, 9.17) is 9.15 Å². The molecule has 7 nitrogen and oxygen atoms in total. The summed E-state index contributed by atoms with van der Waals surface area (Å²) in [6.45, 7) is 2.42. The minimum absolute atomic E-state index is 0.370. The van der Waals surface area contributed by atoms with Gasteiger partial charge in [0.1, 0.15) is 15.5 Å². The molecule has 0 aromatic carbocycles. The molecule has 1 aliphatic rings. The van der Waals surface area contributed by atoms with E-state index >= 15 is 0 Å². The van der Waals surface area contributed by atoms with Gasteiger partial charge in [-0.2, -0.15) is 4.31 Å². The third kappa shape index (κ3) is 3.39. The normalized spacial score (nSPS) is 17.0. The number of furan rings is 1. The lowest BCUT2D eigenvalue weighted by Gasteiger charge is -2.33. The van der Waals surface area contributed by atoms with Gasteiger partial charge in [-0.15, -0.1) is 11.3 Å². The molecule has 2 aromatic rings. The number of ether oxygens (including phenoxy) is 1. The van der Waals surface area contributed by atoms with Crippen molar-refractivity contribution in [1.82, 2.24) is 9.21 Å². The van der Waals surface area contributed by atoms with Crippen molar-refractivity contribution >= 4 is 27.3 Å². The molecule has 3 heterocycles. The predicted octanol–water partition coefficient (Wildman–Crippen LogP) is 1.63. The molecule has 0 atom stereocenters. The second kappa shape index (κ2) is 7.06. The number of piperazine rings is 1. The highest BCUT2D eigenvalue weighted by Crippen LogP contribution is 2.23. The first-order chi connectivity index (χ1) is 11.5. The SMILES string of the molecule is COC(=O)c1ccoc1CN1CCN(S(=O)(=O)c2cccs2)CC1. The Bertz CT molecular complexity index is 790. The number of esters is 1. The number of nitrogens with zero attached hydrogens (tertiary/aromatic N) is 2. The lowest BCUT2D eigenvalue weighted by molar-refractivity contribution is 0.0595. The Hall–Kier alpha value is -1.68. The molecule has 0 saturated carbocycles. The van der Waals surface area contributed by atoms with Gasteiger partial charge in [-0.25, -0.2) is 13.2 Å². The second-order valence-corrected chi connectivity index (χ2v) is 8.47. The van der Waals surface area contributed by atoms with Crippen molar-refractivity contribution in [3.8, 4) is 0 Å². The van der Waals surface area contributed by atoms with Gasteiger partial charge < -0.3 is 9.15 Å². The summed E-state index contributed by atoms with van der Waals surface area (Å²) < 4.78 is 36.9. The molecule has 0 bridgehead atoms. The van der Waals surface area contributed by atoms with E-state index in [9.17, 15) is 13.2 Å². The lowest BCUT2D eigenvalue weighted by atomic mass is 10.2. The molecule has 9 heteroatoms. The number of hydrogen-bond acceptors (Lipinski definition) is 7. The summed E-state index contributed by atoms with van der Waals surface area (Å²) in [6, 6.07) is 4.94. The summed E-state index contributed by atoms with van der Waals surface area (Å²) in [5, 5.41) is 1.76. The minimum Gasteiger partial charge on any atom is -0.467 e. The summed E-state index contributed by atoms with van der Waals surface area (Å²) in [5.41, 5.74) is 0.408. The van der Waals surface area contributed by atoms with E-state index in [1.165, 1.54) is 29.0 Å². The highest BCUT2D eigenvalue weighted by atomic mass is 32.2. The van der Waals surface area contributed by atoms with Gasteiger partial charge in [-0.05, 0) is 17.5 Å². The van der Waals surface area contributed by atoms with Crippen molar-refractivity contribution in [3.63, 3.8) is 0 Å². The first-order valence-corrected chi connectivity index (χ1v) is 9.75. The molecule has 3 rings (SSSR count). The number of carbonyl (C=O) groups is 1. The average Bonchev–Trinajstić information content (AvgIpc) is 3.26. The number of rotatable bonds is 5. The molecule has 1 aliphatic heterocycles. The van der Waals surface area contributed by atoms with Gasteiger partial charge in [0.2, 0.25) is 0 Å². The molecule has 0 unspecified atom stereocenters. The summed E-state index contributed by atoms with van der Waals surface area (Å²) in [6.07, 6.45) is 1.46. The van der Waals surface area contributed by atoms with Gasteiger partial charge in [0.05, 0.1) is 19.9 Å². The lowest BCUT2D eigenvalue weighted by Crippen LogP contribution is -2.48. The van der Waals surface area contributed by atoms with Gasteiger partial charge in [0.25, 0.3) is 10.0 Å². The van der Waals surface area contributed by atoms with E-state index in [1.807, 2.05) is 0 Å². The fraction of sp³-hybridized carbons (Fsp3) is 0.400. The number of methoxy groups -OCH3 is 1. The van der Waals surface area contributed by atoms with Crippen LogP contribution in [-0.4, -0.2) is 56.9 Å². The van der Waals surface area contributed by atoms with Crippen LogP contribution in [0.3, 0.4) is 0 Å². The summed E-state index contributed by atoms with van der Waals surface area (Å²) >= 11 is 1.23. The maximum atomic E-state index is 12.5. The Morgan fingerprint density at radius 3 is 2.67 bits per heavy atom. The van der Waals surface area contributed by atoms with Crippen molar-refractivity contribution in [2.75, 3.05) is 33.3 Å². The molecule has 1 fully saturated rings. The molecule has 1 saturated heterocycles. The highest BCUT2D eigenvalue weighted by molar-refractivity contribution is 7.91. The number of sulfonamides is 1. The van der Waals surface area contributed by atoms with Crippen LogP contribution < -0.4 is 0 Å². The quantitative estimate of drug-likeness (QED) is 0.745. The van der Waals surface area contributed by atoms with Crippen LogP contribution in [0.2, 0.25) is 0 Å². The molecular weight excluding hydrogens is 352 g/mol. The third-order valence-electron chi connectivity index (χ3n) is 3.94. The molecular formula is C15H18N2O5S2. The standard InChI is InChI=1S/C15H18N2O5S2/c1-21-15(18)12-4-9-22-13(12)11-16-5-7-17(8-6-16)24(19,20)14-3-2-10-23-14/h2-4,9-10H,5-8,11H2,1H3. The Kier molecular flexibility index (Phi) is 5.04. The largest absolute Gasteiger partial charge is 0.467 e. The van der Waals surface area contributed by atoms with E-state index in [2.05, 4.69) is 4.90 Å². The Morgan fingerprint density at radius 1 is 1.29 bits per heavy atom. The van der Waals surface area contributed by atoms with Gasteiger partial charge >= 0.3 is 5.97 Å². The Balaban J connectivity index is 1.62. The Labute approximate surface area is 144 Å². The zero-order valence-corrected chi connectivity index (χ0v) is 14.8. The van der Waals surface area contributed by atoms with Gasteiger partial charge in [-0.3, -0.25) is 4.90 Å². The zero-order valence-electron chi connectivity index (χ0n) is 13.2. The van der Waals surface area contributed by atoms with Crippen LogP contribution in [0.15, 0.2) is 38.5 Å². The van der Waals surface area contributed by atoms with Gasteiger partial charge in [-0.1, -0.05) is 6.07 Å². The van der Waals surface area contributed by atoms with Crippen molar-refractivity contribution < 1.29 is 22.4 Å². The van der Waals surface area contributed by atoms with Crippen LogP contribution in [-0.2, 0) is 21.3 Å². The fourth-order valence-corrected chi connectivity index (χ4v) is 5.19. The smallest absolute Gasteiger partial charge is 0.341 e. The van der Waals surface area contributed by atoms with E-state index in [0.717, 1.165) is 0 Å². The maximum Gasteiger partial charge on any atom is 0.341 e. The topological polar surface area (TPSA) is 80.1 Å². The molecule has 130 valence electrons. The number of thiophene rings is 1. The van der Waals surface area contributed by atoms with Crippen molar-refractivity contribution in [2.24, 2.45) is 0 Å². The monoisotopic (exact) mass is 370 g/mol. The van der Waals surface area contributed by atoms with E-state index < -0.39 is 16.0 Å². The third-order valence-corrected chi connectivity index (χ3v) is 7.21. The summed E-state index contributed by atoms with van der Waals surface area (Å²) in [7, 11) is -2.08. The van der Waals surface area contributed by atoms with E-state index in [1.54, 1.807) is 23.6 Å². The van der Waals surface area contributed by atoms with Crippen LogP contribution in [0, 0.1) is 0 Å². The van der Waals surface area contributed by atoms with Crippen molar-refractivity contribution in [3.05, 3.63) is 41.2 Å². The molecule has 0 radical (unpaired) electrons. The highest BCUT2D eigenvalue weighted by Gasteiger charge is 2.30. The van der Waals surface area contributed by atoms with E-state index in [0.29, 0.717) is 48.3 Å². The van der Waals surface area contributed by atoms with Gasteiger partial charge in [0, 0.05) is 26.2 Å². The number of carbonyl (C=O) groups excluding carboxylic acids is 1. The van der Waals surface area contributed by atoms with Gasteiger partial charge in [0.15, 0.2) is 0 Å². The van der Waals surface area contributed by atoms with Crippen LogP contribution in [0.25, 0.3) is 0 Å². The first-order valence-electron chi connectivity index (χ1n) is 7.43. The predicted molar refractivity (Wildman–Crippen MR) is 88.4 cm³/mol. The summed E-state index contributed by atoms with van der Waals surface area (Å²) in [4.78, 5) is 13.7. The molecule has 24 heavy (non-hydrogen) atoms. The van der Waals surface area contributed by atoms with Crippen molar-refractivity contribution in [1.29, 1.82) is 0 Å². The van der Waals surface area contributed by atoms with Crippen LogP contribution in [0.5, 0.6) is 0 Å². The van der Waals surface area contributed by atoms with Crippen LogP contribution >= 0.6 is 11.3 Å². The van der Waals surface area contributed by atoms with Crippen LogP contribution in [0.1, 0.15) is 16.1 Å². The number of hydrogen-bond donors (Lipinski definition) is 0. The molecule has 0 amide bonds. The summed E-state index contributed by atoms with van der Waals surface area (Å²) in [5.74, 6) is 0.106. The Morgan fingerprint density at radius 2 is 2.04 bits per heavy atom. The molecule has 0 spiro atoms. The molecule has 0 N–H and O–H groups in total. The zero-order chi connectivity index (χ0) is 17.2. The molecule has 2 aromatic heterocycles. The molecule has 0 aliphatic carbocycles. The van der Waals surface area contributed by atoms with E-state index in [-0.39, 0.29) is 0 Å².